The summed E-state index contributed by atoms with van der Waals surface area (Å²) < 4.78 is 22.1. The summed E-state index contributed by atoms with van der Waals surface area (Å²) in [6.07, 6.45) is 5.34. The number of halogens is 1. The van der Waals surface area contributed by atoms with Gasteiger partial charge in [0.15, 0.2) is 5.69 Å². The molecule has 0 aliphatic carbocycles. The fourth-order valence-corrected chi connectivity index (χ4v) is 9.92. The number of amides is 4. The third-order valence-electron chi connectivity index (χ3n) is 14.1. The summed E-state index contributed by atoms with van der Waals surface area (Å²) in [5, 5.41) is 10.9. The normalized spacial score (nSPS) is 17.8. The predicted molar refractivity (Wildman–Crippen MR) is 261 cm³/mol. The van der Waals surface area contributed by atoms with Gasteiger partial charge in [-0.2, -0.15) is 5.10 Å². The first-order valence-corrected chi connectivity index (χ1v) is 24.4. The highest BCUT2D eigenvalue weighted by molar-refractivity contribution is 6.03. The van der Waals surface area contributed by atoms with Gasteiger partial charge < -0.3 is 34.2 Å². The smallest absolute Gasteiger partial charge is 0.274 e. The van der Waals surface area contributed by atoms with Crippen molar-refractivity contribution in [2.45, 2.75) is 32.7 Å². The number of hydrogen-bond donors (Lipinski definition) is 2. The lowest BCUT2D eigenvalue weighted by molar-refractivity contribution is -0.134. The summed E-state index contributed by atoms with van der Waals surface area (Å²) >= 11 is 0. The van der Waals surface area contributed by atoms with Gasteiger partial charge >= 0.3 is 0 Å². The number of anilines is 1. The third-order valence-corrected chi connectivity index (χ3v) is 14.1. The van der Waals surface area contributed by atoms with Gasteiger partial charge in [-0.15, -0.1) is 0 Å². The number of aromatic nitrogens is 4. The quantitative estimate of drug-likeness (QED) is 0.176. The Labute approximate surface area is 405 Å². The highest BCUT2D eigenvalue weighted by atomic mass is 19.1. The van der Waals surface area contributed by atoms with Crippen LogP contribution in [-0.4, -0.2) is 184 Å². The minimum absolute atomic E-state index is 0.0119. The maximum atomic E-state index is 15.1. The molecule has 0 radical (unpaired) electrons. The number of hydrogen-bond acceptors (Lipinski definition) is 12. The zero-order valence-corrected chi connectivity index (χ0v) is 39.6. The monoisotopic (exact) mass is 957 g/mol. The van der Waals surface area contributed by atoms with Crippen molar-refractivity contribution < 1.29 is 28.3 Å². The number of aryl methyl sites for hydroxylation is 1. The van der Waals surface area contributed by atoms with E-state index in [1.54, 1.807) is 63.2 Å². The highest BCUT2D eigenvalue weighted by Crippen LogP contribution is 2.28. The van der Waals surface area contributed by atoms with Crippen LogP contribution in [0.3, 0.4) is 0 Å². The molecule has 4 aliphatic rings. The first-order valence-electron chi connectivity index (χ1n) is 24.4. The fourth-order valence-electron chi connectivity index (χ4n) is 9.92. The molecule has 3 aromatic heterocycles. The number of H-pyrrole nitrogens is 1. The number of fused-ring (bicyclic) bond motifs is 1. The lowest BCUT2D eigenvalue weighted by atomic mass is 9.95. The molecule has 2 N–H and O–H groups in total. The molecule has 0 spiro atoms. The second-order valence-corrected chi connectivity index (χ2v) is 18.6. The zero-order valence-electron chi connectivity index (χ0n) is 39.6. The van der Waals surface area contributed by atoms with E-state index >= 15 is 4.39 Å². The number of piperazine rings is 2. The van der Waals surface area contributed by atoms with Crippen LogP contribution < -0.4 is 16.4 Å². The number of ether oxygens (including phenoxy) is 1. The molecule has 18 nitrogen and oxygen atoms in total. The molecule has 70 heavy (non-hydrogen) atoms. The van der Waals surface area contributed by atoms with Crippen molar-refractivity contribution >= 4 is 40.1 Å². The molecular weight excluding hydrogens is 898 g/mol. The first-order chi connectivity index (χ1) is 34.0. The second-order valence-electron chi connectivity index (χ2n) is 18.6. The van der Waals surface area contributed by atoms with E-state index in [0.29, 0.717) is 124 Å². The molecule has 4 saturated heterocycles. The molecule has 4 amide bonds. The maximum absolute atomic E-state index is 15.1. The van der Waals surface area contributed by atoms with E-state index in [1.807, 2.05) is 28.9 Å². The van der Waals surface area contributed by atoms with Crippen molar-refractivity contribution in [2.24, 2.45) is 5.92 Å². The van der Waals surface area contributed by atoms with E-state index in [4.69, 9.17) is 4.74 Å². The maximum Gasteiger partial charge on any atom is 0.274 e. The van der Waals surface area contributed by atoms with E-state index in [9.17, 15) is 28.8 Å². The van der Waals surface area contributed by atoms with Crippen LogP contribution in [0, 0.1) is 11.7 Å². The van der Waals surface area contributed by atoms with Gasteiger partial charge in [-0.05, 0) is 67.1 Å². The van der Waals surface area contributed by atoms with Gasteiger partial charge in [-0.3, -0.25) is 38.6 Å². The topological polar surface area (TPSA) is 190 Å². The lowest BCUT2D eigenvalue weighted by Gasteiger charge is -2.40. The molecule has 368 valence electrons. The SMILES string of the molecule is CCn1cc(-c2cnc(C(=O)N3CCC(CN4CCN(CC(=O)N5CCN(C(=O)c6cc(Cc7n[nH]c(=O)c8ccccc78)ccc6F)CC5)CC4)CC3)c(NC(=O)CN3CCOCC3)c2)ccc1=O. The number of likely N-dealkylation sites (tertiary alicyclic amines) is 1. The van der Waals surface area contributed by atoms with Crippen molar-refractivity contribution in [2.75, 3.05) is 117 Å². The Bertz CT molecular complexity index is 2840. The summed E-state index contributed by atoms with van der Waals surface area (Å²) in [5.74, 6) is -1.10. The Morgan fingerprint density at radius 3 is 2.17 bits per heavy atom. The van der Waals surface area contributed by atoms with Crippen LogP contribution in [0.15, 0.2) is 82.6 Å². The summed E-state index contributed by atoms with van der Waals surface area (Å²) in [6, 6.07) is 16.6. The number of carbonyl (C=O) groups excluding carboxylic acids is 4. The molecule has 0 saturated carbocycles. The number of nitrogens with one attached hydrogen (secondary N) is 2. The van der Waals surface area contributed by atoms with Crippen LogP contribution >= 0.6 is 0 Å². The van der Waals surface area contributed by atoms with Gasteiger partial charge in [0, 0.05) is 127 Å². The number of rotatable bonds is 13. The van der Waals surface area contributed by atoms with Crippen LogP contribution in [0.1, 0.15) is 51.9 Å². The van der Waals surface area contributed by atoms with Gasteiger partial charge in [-0.1, -0.05) is 24.3 Å². The minimum atomic E-state index is -0.616. The molecule has 0 atom stereocenters. The van der Waals surface area contributed by atoms with Crippen molar-refractivity contribution in [3.8, 4) is 11.1 Å². The van der Waals surface area contributed by atoms with Gasteiger partial charge in [0.25, 0.3) is 22.9 Å². The van der Waals surface area contributed by atoms with E-state index in [0.717, 1.165) is 51.1 Å². The lowest BCUT2D eigenvalue weighted by Crippen LogP contribution is -2.55. The van der Waals surface area contributed by atoms with Gasteiger partial charge in [-0.25, -0.2) is 14.5 Å². The Balaban J connectivity index is 0.727. The van der Waals surface area contributed by atoms with Crippen molar-refractivity contribution in [3.05, 3.63) is 122 Å². The molecule has 4 aliphatic heterocycles. The van der Waals surface area contributed by atoms with E-state index in [2.05, 4.69) is 30.3 Å². The van der Waals surface area contributed by atoms with Gasteiger partial charge in [0.1, 0.15) is 5.82 Å². The Morgan fingerprint density at radius 1 is 0.743 bits per heavy atom. The fraction of sp³-hybridized carbons (Fsp3) is 0.451. The number of benzene rings is 2. The van der Waals surface area contributed by atoms with Gasteiger partial charge in [0.05, 0.1) is 48.6 Å². The first kappa shape index (κ1) is 48.4. The number of piperidine rings is 1. The molecule has 5 aromatic rings. The Morgan fingerprint density at radius 2 is 1.43 bits per heavy atom. The number of nitrogens with zero attached hydrogens (tertiary/aromatic N) is 9. The highest BCUT2D eigenvalue weighted by Gasteiger charge is 2.31. The standard InChI is InChI=1S/C51H60FN11O7/c1-2-60-32-37(8-10-46(60)65)38-29-44(54-45(64)33-59-23-25-70-26-24-59)48(53-30-38)51(69)62-13-11-35(12-14-62)31-57-15-17-58(18-16-57)34-47(66)61-19-21-63(22-20-61)50(68)41-27-36(7-9-42(41)52)28-43-39-5-3-4-6-40(39)49(67)56-55-43/h3-10,27,29-30,32,35H,2,11-26,28,31,33-34H2,1H3,(H,54,64)(H,56,67). The van der Waals surface area contributed by atoms with Crippen LogP contribution in [0.5, 0.6) is 0 Å². The van der Waals surface area contributed by atoms with Crippen LogP contribution in [0.2, 0.25) is 0 Å². The summed E-state index contributed by atoms with van der Waals surface area (Å²) in [5.41, 5.74) is 2.83. The average Bonchev–Trinajstić information content (AvgIpc) is 3.38. The molecule has 7 heterocycles. The second kappa shape index (κ2) is 22.0. The van der Waals surface area contributed by atoms with E-state index in [1.165, 1.54) is 12.1 Å². The molecule has 9 rings (SSSR count). The average molecular weight is 958 g/mol. The summed E-state index contributed by atoms with van der Waals surface area (Å²) in [7, 11) is 0. The molecule has 19 heteroatoms. The number of carbonyl (C=O) groups is 4. The van der Waals surface area contributed by atoms with Crippen molar-refractivity contribution in [1.82, 2.24) is 49.1 Å². The third kappa shape index (κ3) is 11.3. The molecule has 0 unspecified atom stereocenters. The van der Waals surface area contributed by atoms with Crippen LogP contribution in [0.4, 0.5) is 10.1 Å². The number of pyridine rings is 2. The molecular formula is C51H60FN11O7. The molecule has 0 bridgehead atoms. The Kier molecular flexibility index (Phi) is 15.2. The zero-order chi connectivity index (χ0) is 48.7. The molecule has 4 fully saturated rings. The minimum Gasteiger partial charge on any atom is -0.379 e. The van der Waals surface area contributed by atoms with E-state index in [-0.39, 0.29) is 46.6 Å². The predicted octanol–water partition coefficient (Wildman–Crippen LogP) is 2.62. The largest absolute Gasteiger partial charge is 0.379 e. The van der Waals surface area contributed by atoms with Crippen LogP contribution in [0.25, 0.3) is 21.9 Å². The number of aromatic amines is 1. The summed E-state index contributed by atoms with van der Waals surface area (Å²) in [4.78, 5) is 95.5. The van der Waals surface area contributed by atoms with Crippen molar-refractivity contribution in [1.29, 1.82) is 0 Å². The Hall–Kier alpha value is -6.67. The molecule has 2 aromatic carbocycles. The number of morpholine rings is 1. The van der Waals surface area contributed by atoms with E-state index < -0.39 is 11.7 Å². The summed E-state index contributed by atoms with van der Waals surface area (Å²) in [6.45, 7) is 11.8. The van der Waals surface area contributed by atoms with Crippen LogP contribution in [-0.2, 0) is 27.3 Å². The van der Waals surface area contributed by atoms with Crippen molar-refractivity contribution in [3.63, 3.8) is 0 Å². The van der Waals surface area contributed by atoms with Gasteiger partial charge in [0.2, 0.25) is 11.8 Å².